The second kappa shape index (κ2) is 6.87. The second-order valence-corrected chi connectivity index (χ2v) is 9.40. The topological polar surface area (TPSA) is 58.2 Å². The minimum atomic E-state index is -3.36. The zero-order chi connectivity index (χ0) is 13.2. The van der Waals surface area contributed by atoms with Gasteiger partial charge in [-0.05, 0) is 59.4 Å². The number of hydrogen-bond acceptors (Lipinski definition) is 4. The van der Waals surface area contributed by atoms with Crippen LogP contribution in [0.3, 0.4) is 0 Å². The average molecular weight is 390 g/mol. The van der Waals surface area contributed by atoms with Gasteiger partial charge in [0.1, 0.15) is 4.21 Å². The summed E-state index contributed by atoms with van der Waals surface area (Å²) in [6.07, 6.45) is 2.01. The molecule has 1 aliphatic heterocycles. The van der Waals surface area contributed by atoms with Crippen LogP contribution in [-0.4, -0.2) is 28.1 Å². The first kappa shape index (κ1) is 17.4. The summed E-state index contributed by atoms with van der Waals surface area (Å²) in [5.74, 6) is 0. The maximum Gasteiger partial charge on any atom is 0.250 e. The van der Waals surface area contributed by atoms with Gasteiger partial charge in [0.15, 0.2) is 0 Å². The Morgan fingerprint density at radius 1 is 1.42 bits per heavy atom. The fourth-order valence-corrected chi connectivity index (χ4v) is 5.24. The highest BCUT2D eigenvalue weighted by Gasteiger charge is 2.29. The highest BCUT2D eigenvalue weighted by molar-refractivity contribution is 9.11. The van der Waals surface area contributed by atoms with Crippen LogP contribution in [0.25, 0.3) is 0 Å². The van der Waals surface area contributed by atoms with E-state index in [-0.39, 0.29) is 17.8 Å². The van der Waals surface area contributed by atoms with Gasteiger partial charge in [-0.2, -0.15) is 0 Å². The largest absolute Gasteiger partial charge is 0.317 e. The second-order valence-electron chi connectivity index (χ2n) is 4.94. The number of nitrogens with one attached hydrogen (secondary N) is 2. The van der Waals surface area contributed by atoms with Gasteiger partial charge in [0.05, 0.1) is 3.79 Å². The van der Waals surface area contributed by atoms with E-state index in [0.717, 1.165) is 29.7 Å². The van der Waals surface area contributed by atoms with Crippen molar-refractivity contribution < 1.29 is 8.42 Å². The van der Waals surface area contributed by atoms with Crippen molar-refractivity contribution >= 4 is 49.7 Å². The minimum absolute atomic E-state index is 0. The highest BCUT2D eigenvalue weighted by Crippen LogP contribution is 2.29. The summed E-state index contributed by atoms with van der Waals surface area (Å²) in [6.45, 7) is 4.57. The van der Waals surface area contributed by atoms with Gasteiger partial charge in [0, 0.05) is 6.54 Å². The van der Waals surface area contributed by atoms with Gasteiger partial charge in [0.2, 0.25) is 10.0 Å². The number of piperidine rings is 1. The van der Waals surface area contributed by atoms with Gasteiger partial charge >= 0.3 is 0 Å². The Labute approximate surface area is 133 Å². The van der Waals surface area contributed by atoms with Crippen LogP contribution in [0.2, 0.25) is 0 Å². The summed E-state index contributed by atoms with van der Waals surface area (Å²) in [7, 11) is -3.36. The SMILES string of the molecule is CC1(CNS(=O)(=O)c2ccc(Br)s2)CCNCC1.Cl. The quantitative estimate of drug-likeness (QED) is 0.832. The first-order valence-corrected chi connectivity index (χ1v) is 8.96. The van der Waals surface area contributed by atoms with Gasteiger partial charge in [0.25, 0.3) is 0 Å². The number of sulfonamides is 1. The van der Waals surface area contributed by atoms with E-state index in [0.29, 0.717) is 10.8 Å². The molecular weight excluding hydrogens is 372 g/mol. The summed E-state index contributed by atoms with van der Waals surface area (Å²) in [6, 6.07) is 3.38. The molecule has 4 nitrogen and oxygen atoms in total. The van der Waals surface area contributed by atoms with Crippen LogP contribution in [0.5, 0.6) is 0 Å². The lowest BCUT2D eigenvalue weighted by Gasteiger charge is -2.33. The standard InChI is InChI=1S/C11H17BrN2O2S2.ClH/c1-11(4-6-13-7-5-11)8-14-18(15,16)10-3-2-9(12)17-10;/h2-3,13-14H,4-8H2,1H3;1H. The van der Waals surface area contributed by atoms with Crippen LogP contribution in [-0.2, 0) is 10.0 Å². The predicted molar refractivity (Wildman–Crippen MR) is 84.7 cm³/mol. The van der Waals surface area contributed by atoms with Crippen molar-refractivity contribution in [1.82, 2.24) is 10.0 Å². The van der Waals surface area contributed by atoms with Gasteiger partial charge in [-0.3, -0.25) is 0 Å². The van der Waals surface area contributed by atoms with Crippen LogP contribution >= 0.6 is 39.7 Å². The minimum Gasteiger partial charge on any atom is -0.317 e. The molecule has 0 atom stereocenters. The summed E-state index contributed by atoms with van der Waals surface area (Å²) in [5, 5.41) is 3.29. The Kier molecular flexibility index (Phi) is 6.28. The molecule has 1 fully saturated rings. The molecule has 1 aromatic rings. The molecule has 110 valence electrons. The van der Waals surface area contributed by atoms with Gasteiger partial charge in [-0.25, -0.2) is 13.1 Å². The summed E-state index contributed by atoms with van der Waals surface area (Å²) in [4.78, 5) is 0. The Balaban J connectivity index is 0.00000180. The molecule has 0 aromatic carbocycles. The van der Waals surface area contributed by atoms with E-state index in [4.69, 9.17) is 0 Å². The molecule has 1 saturated heterocycles. The summed E-state index contributed by atoms with van der Waals surface area (Å²) in [5.41, 5.74) is 0.0623. The zero-order valence-electron chi connectivity index (χ0n) is 10.6. The first-order chi connectivity index (χ1) is 8.41. The van der Waals surface area contributed by atoms with Crippen LogP contribution in [0.4, 0.5) is 0 Å². The number of hydrogen-bond donors (Lipinski definition) is 2. The normalized spacial score (nSPS) is 18.8. The molecule has 19 heavy (non-hydrogen) atoms. The molecule has 0 amide bonds. The van der Waals surface area contributed by atoms with E-state index in [2.05, 4.69) is 32.9 Å². The molecule has 0 radical (unpaired) electrons. The van der Waals surface area contributed by atoms with Gasteiger partial charge in [-0.1, -0.05) is 6.92 Å². The average Bonchev–Trinajstić information content (AvgIpc) is 2.76. The van der Waals surface area contributed by atoms with Crippen molar-refractivity contribution in [2.45, 2.75) is 24.0 Å². The van der Waals surface area contributed by atoms with E-state index in [1.807, 2.05) is 0 Å². The Morgan fingerprint density at radius 3 is 2.58 bits per heavy atom. The van der Waals surface area contributed by atoms with Gasteiger partial charge in [-0.15, -0.1) is 23.7 Å². The van der Waals surface area contributed by atoms with Crippen molar-refractivity contribution in [3.8, 4) is 0 Å². The summed E-state index contributed by atoms with van der Waals surface area (Å²) < 4.78 is 28.1. The number of halogens is 2. The third-order valence-corrected chi connectivity index (χ3v) is 6.83. The van der Waals surface area contributed by atoms with E-state index >= 15 is 0 Å². The molecule has 1 aliphatic rings. The fourth-order valence-electron chi connectivity index (χ4n) is 1.99. The van der Waals surface area contributed by atoms with Crippen LogP contribution in [0, 0.1) is 5.41 Å². The van der Waals surface area contributed by atoms with Crippen molar-refractivity contribution in [3.63, 3.8) is 0 Å². The van der Waals surface area contributed by atoms with Gasteiger partial charge < -0.3 is 5.32 Å². The molecule has 0 unspecified atom stereocenters. The van der Waals surface area contributed by atoms with Crippen LogP contribution < -0.4 is 10.0 Å². The molecule has 2 N–H and O–H groups in total. The maximum atomic E-state index is 12.1. The lowest BCUT2D eigenvalue weighted by atomic mass is 9.81. The molecule has 2 rings (SSSR count). The molecule has 0 spiro atoms. The zero-order valence-corrected chi connectivity index (χ0v) is 14.6. The van der Waals surface area contributed by atoms with Crippen LogP contribution in [0.1, 0.15) is 19.8 Å². The monoisotopic (exact) mass is 388 g/mol. The van der Waals surface area contributed by atoms with E-state index < -0.39 is 10.0 Å². The number of thiophene rings is 1. The third kappa shape index (κ3) is 4.68. The van der Waals surface area contributed by atoms with Crippen molar-refractivity contribution in [2.24, 2.45) is 5.41 Å². The molecule has 1 aromatic heterocycles. The predicted octanol–water partition coefficient (Wildman–Crippen LogP) is 2.60. The molecule has 2 heterocycles. The lowest BCUT2D eigenvalue weighted by molar-refractivity contribution is 0.232. The Bertz CT molecular complexity index is 513. The maximum absolute atomic E-state index is 12.1. The molecule has 8 heteroatoms. The smallest absolute Gasteiger partial charge is 0.250 e. The Hall–Kier alpha value is 0.340. The van der Waals surface area contributed by atoms with Crippen LogP contribution in [0.15, 0.2) is 20.1 Å². The third-order valence-electron chi connectivity index (χ3n) is 3.31. The molecule has 0 aliphatic carbocycles. The molecule has 0 saturated carbocycles. The Morgan fingerprint density at radius 2 is 2.05 bits per heavy atom. The van der Waals surface area contributed by atoms with E-state index in [1.54, 1.807) is 12.1 Å². The highest BCUT2D eigenvalue weighted by atomic mass is 79.9. The van der Waals surface area contributed by atoms with Crippen molar-refractivity contribution in [1.29, 1.82) is 0 Å². The lowest BCUT2D eigenvalue weighted by Crippen LogP contribution is -2.42. The van der Waals surface area contributed by atoms with Crippen molar-refractivity contribution in [2.75, 3.05) is 19.6 Å². The fraction of sp³-hybridized carbons (Fsp3) is 0.636. The summed E-state index contributed by atoms with van der Waals surface area (Å²) >= 11 is 4.51. The van der Waals surface area contributed by atoms with E-state index in [9.17, 15) is 8.42 Å². The van der Waals surface area contributed by atoms with E-state index in [1.165, 1.54) is 11.3 Å². The van der Waals surface area contributed by atoms with Crippen molar-refractivity contribution in [3.05, 3.63) is 15.9 Å². The molecule has 0 bridgehead atoms. The number of rotatable bonds is 4. The first-order valence-electron chi connectivity index (χ1n) is 5.87. The molecular formula is C11H18BrClN2O2S2.